The van der Waals surface area contributed by atoms with Crippen LogP contribution in [0, 0.1) is 20.8 Å². The highest BCUT2D eigenvalue weighted by Gasteiger charge is 2.13. The van der Waals surface area contributed by atoms with Gasteiger partial charge in [0.2, 0.25) is 0 Å². The fourth-order valence-electron chi connectivity index (χ4n) is 1.64. The van der Waals surface area contributed by atoms with Gasteiger partial charge in [0.1, 0.15) is 18.4 Å². The Balaban J connectivity index is 2.78. The van der Waals surface area contributed by atoms with E-state index in [1.165, 1.54) is 0 Å². The summed E-state index contributed by atoms with van der Waals surface area (Å²) in [5.41, 5.74) is 8.52. The quantitative estimate of drug-likeness (QED) is 0.809. The number of carboxylic acid groups (broad SMARTS) is 1. The Morgan fingerprint density at radius 3 is 2.31 bits per heavy atom. The number of carboxylic acids is 1. The van der Waals surface area contributed by atoms with Crippen molar-refractivity contribution in [3.63, 3.8) is 0 Å². The molecule has 3 N–H and O–H groups in total. The first-order valence-electron chi connectivity index (χ1n) is 5.11. The van der Waals surface area contributed by atoms with Gasteiger partial charge in [0.05, 0.1) is 0 Å². The van der Waals surface area contributed by atoms with Gasteiger partial charge in [-0.15, -0.1) is 0 Å². The topological polar surface area (TPSA) is 72.5 Å². The minimum atomic E-state index is -1.05. The van der Waals surface area contributed by atoms with E-state index < -0.39 is 12.0 Å². The highest BCUT2D eigenvalue weighted by atomic mass is 16.5. The van der Waals surface area contributed by atoms with Crippen LogP contribution in [0.15, 0.2) is 12.1 Å². The van der Waals surface area contributed by atoms with Crippen LogP contribution >= 0.6 is 0 Å². The predicted molar refractivity (Wildman–Crippen MR) is 61.8 cm³/mol. The lowest BCUT2D eigenvalue weighted by molar-refractivity contribution is -0.139. The molecule has 0 saturated heterocycles. The number of rotatable bonds is 4. The second kappa shape index (κ2) is 4.99. The summed E-state index contributed by atoms with van der Waals surface area (Å²) < 4.78 is 5.44. The molecule has 0 amide bonds. The van der Waals surface area contributed by atoms with Crippen LogP contribution in [0.3, 0.4) is 0 Å². The molecule has 0 radical (unpaired) electrons. The Morgan fingerprint density at radius 1 is 1.38 bits per heavy atom. The van der Waals surface area contributed by atoms with Gasteiger partial charge in [0.15, 0.2) is 0 Å². The molecule has 1 atom stereocenters. The number of aryl methyl sites for hydroxylation is 3. The smallest absolute Gasteiger partial charge is 0.324 e. The zero-order valence-corrected chi connectivity index (χ0v) is 9.78. The van der Waals surface area contributed by atoms with Crippen molar-refractivity contribution >= 4 is 5.97 Å². The first kappa shape index (κ1) is 12.5. The first-order chi connectivity index (χ1) is 7.41. The van der Waals surface area contributed by atoms with E-state index in [0.29, 0.717) is 0 Å². The van der Waals surface area contributed by atoms with E-state index in [1.807, 2.05) is 32.9 Å². The van der Waals surface area contributed by atoms with Crippen LogP contribution in [0.4, 0.5) is 0 Å². The second-order valence-corrected chi connectivity index (χ2v) is 3.98. The molecule has 0 aliphatic rings. The number of aliphatic carboxylic acids is 1. The number of hydrogen-bond donors (Lipinski definition) is 2. The van der Waals surface area contributed by atoms with Gasteiger partial charge >= 0.3 is 5.97 Å². The summed E-state index contributed by atoms with van der Waals surface area (Å²) >= 11 is 0. The zero-order chi connectivity index (χ0) is 12.3. The van der Waals surface area contributed by atoms with Gasteiger partial charge in [-0.3, -0.25) is 4.79 Å². The summed E-state index contributed by atoms with van der Waals surface area (Å²) in [6, 6.07) is 3.00. The van der Waals surface area contributed by atoms with Crippen molar-refractivity contribution in [1.29, 1.82) is 0 Å². The van der Waals surface area contributed by atoms with Gasteiger partial charge in [-0.2, -0.15) is 0 Å². The summed E-state index contributed by atoms with van der Waals surface area (Å²) in [5, 5.41) is 8.64. The maximum absolute atomic E-state index is 10.5. The molecule has 0 aliphatic heterocycles. The van der Waals surface area contributed by atoms with Gasteiger partial charge in [-0.1, -0.05) is 17.7 Å². The summed E-state index contributed by atoms with van der Waals surface area (Å²) in [6.07, 6.45) is 0. The molecule has 1 aromatic rings. The monoisotopic (exact) mass is 223 g/mol. The Kier molecular flexibility index (Phi) is 3.90. The first-order valence-corrected chi connectivity index (χ1v) is 5.11. The van der Waals surface area contributed by atoms with Crippen LogP contribution in [-0.2, 0) is 4.79 Å². The Morgan fingerprint density at radius 2 is 1.88 bits per heavy atom. The maximum Gasteiger partial charge on any atom is 0.324 e. The lowest BCUT2D eigenvalue weighted by Crippen LogP contribution is -2.36. The summed E-state index contributed by atoms with van der Waals surface area (Å²) in [4.78, 5) is 10.5. The van der Waals surface area contributed by atoms with E-state index in [1.54, 1.807) is 0 Å². The molecule has 0 aliphatic carbocycles. The molecule has 1 aromatic carbocycles. The molecule has 1 rings (SSSR count). The van der Waals surface area contributed by atoms with Crippen molar-refractivity contribution in [3.05, 3.63) is 28.8 Å². The molecule has 16 heavy (non-hydrogen) atoms. The maximum atomic E-state index is 10.5. The van der Waals surface area contributed by atoms with Crippen LogP contribution in [0.2, 0.25) is 0 Å². The molecular weight excluding hydrogens is 206 g/mol. The van der Waals surface area contributed by atoms with Crippen molar-refractivity contribution in [2.24, 2.45) is 5.73 Å². The standard InChI is InChI=1S/C12H17NO3/c1-7-4-8(2)11(9(3)5-7)16-6-10(13)12(14)15/h4-5,10H,6,13H2,1-3H3,(H,14,15). The molecule has 88 valence electrons. The van der Waals surface area contributed by atoms with E-state index in [0.717, 1.165) is 22.4 Å². The second-order valence-electron chi connectivity index (χ2n) is 3.98. The molecule has 1 unspecified atom stereocenters. The van der Waals surface area contributed by atoms with E-state index in [-0.39, 0.29) is 6.61 Å². The summed E-state index contributed by atoms with van der Waals surface area (Å²) in [6.45, 7) is 5.86. The molecule has 0 aromatic heterocycles. The number of ether oxygens (including phenoxy) is 1. The van der Waals surface area contributed by atoms with E-state index in [2.05, 4.69) is 0 Å². The molecule has 0 bridgehead atoms. The molecular formula is C12H17NO3. The third-order valence-corrected chi connectivity index (χ3v) is 2.33. The number of benzene rings is 1. The summed E-state index contributed by atoms with van der Waals surface area (Å²) in [7, 11) is 0. The van der Waals surface area contributed by atoms with Crippen LogP contribution in [0.5, 0.6) is 5.75 Å². The normalized spacial score (nSPS) is 12.2. The van der Waals surface area contributed by atoms with E-state index in [9.17, 15) is 4.79 Å². The Bertz CT molecular complexity index is 378. The van der Waals surface area contributed by atoms with Crippen molar-refractivity contribution < 1.29 is 14.6 Å². The molecule has 0 spiro atoms. The molecule has 0 heterocycles. The molecule has 4 nitrogen and oxygen atoms in total. The summed E-state index contributed by atoms with van der Waals surface area (Å²) in [5.74, 6) is -0.329. The average Bonchev–Trinajstić information content (AvgIpc) is 2.15. The third-order valence-electron chi connectivity index (χ3n) is 2.33. The lowest BCUT2D eigenvalue weighted by atomic mass is 10.1. The van der Waals surface area contributed by atoms with Crippen LogP contribution in [0.1, 0.15) is 16.7 Å². The lowest BCUT2D eigenvalue weighted by Gasteiger charge is -2.14. The number of nitrogens with two attached hydrogens (primary N) is 1. The van der Waals surface area contributed by atoms with Gasteiger partial charge in [-0.05, 0) is 31.9 Å². The highest BCUT2D eigenvalue weighted by Crippen LogP contribution is 2.24. The van der Waals surface area contributed by atoms with Crippen molar-refractivity contribution in [1.82, 2.24) is 0 Å². The fourth-order valence-corrected chi connectivity index (χ4v) is 1.64. The number of carbonyl (C=O) groups is 1. The fraction of sp³-hybridized carbons (Fsp3) is 0.417. The van der Waals surface area contributed by atoms with Gasteiger partial charge in [0, 0.05) is 0 Å². The minimum Gasteiger partial charge on any atom is -0.491 e. The van der Waals surface area contributed by atoms with Gasteiger partial charge in [-0.25, -0.2) is 0 Å². The van der Waals surface area contributed by atoms with Crippen molar-refractivity contribution in [3.8, 4) is 5.75 Å². The molecule has 0 saturated carbocycles. The molecule has 0 fully saturated rings. The third kappa shape index (κ3) is 2.97. The van der Waals surface area contributed by atoms with Gasteiger partial charge in [0.25, 0.3) is 0 Å². The predicted octanol–water partition coefficient (Wildman–Crippen LogP) is 1.40. The van der Waals surface area contributed by atoms with Crippen molar-refractivity contribution in [2.75, 3.05) is 6.61 Å². The van der Waals surface area contributed by atoms with Crippen LogP contribution in [0.25, 0.3) is 0 Å². The molecule has 4 heteroatoms. The zero-order valence-electron chi connectivity index (χ0n) is 9.78. The SMILES string of the molecule is Cc1cc(C)c(OCC(N)C(=O)O)c(C)c1. The van der Waals surface area contributed by atoms with Crippen molar-refractivity contribution in [2.45, 2.75) is 26.8 Å². The van der Waals surface area contributed by atoms with E-state index >= 15 is 0 Å². The van der Waals surface area contributed by atoms with E-state index in [4.69, 9.17) is 15.6 Å². The Labute approximate surface area is 95.0 Å². The largest absolute Gasteiger partial charge is 0.491 e. The average molecular weight is 223 g/mol. The van der Waals surface area contributed by atoms with Crippen LogP contribution in [-0.4, -0.2) is 23.7 Å². The Hall–Kier alpha value is -1.55. The van der Waals surface area contributed by atoms with Gasteiger partial charge < -0.3 is 15.6 Å². The number of hydrogen-bond acceptors (Lipinski definition) is 3. The minimum absolute atomic E-state index is 0.0138. The van der Waals surface area contributed by atoms with Crippen LogP contribution < -0.4 is 10.5 Å². The highest BCUT2D eigenvalue weighted by molar-refractivity contribution is 5.73.